The lowest BCUT2D eigenvalue weighted by Crippen LogP contribution is -2.48. The first-order valence-corrected chi connectivity index (χ1v) is 6.76. The van der Waals surface area contributed by atoms with E-state index in [4.69, 9.17) is 0 Å². The van der Waals surface area contributed by atoms with Crippen molar-refractivity contribution in [1.29, 1.82) is 0 Å². The lowest BCUT2D eigenvalue weighted by molar-refractivity contribution is 0.0632. The van der Waals surface area contributed by atoms with Crippen LogP contribution >= 0.6 is 0 Å². The van der Waals surface area contributed by atoms with Crippen LogP contribution in [0.4, 0.5) is 0 Å². The minimum absolute atomic E-state index is 0.891. The molecule has 2 heteroatoms. The Bertz CT molecular complexity index is 235. The highest BCUT2D eigenvalue weighted by Gasteiger charge is 2.47. The third kappa shape index (κ3) is 1.53. The Hall–Kier alpha value is -0.0800. The fraction of sp³-hybridized carbons (Fsp3) is 1.00. The molecule has 2 nitrogen and oxygen atoms in total. The van der Waals surface area contributed by atoms with Crippen LogP contribution in [0.5, 0.6) is 0 Å². The molecule has 86 valence electrons. The van der Waals surface area contributed by atoms with E-state index in [1.165, 1.54) is 38.9 Å². The summed E-state index contributed by atoms with van der Waals surface area (Å²) >= 11 is 0. The smallest absolute Gasteiger partial charge is 0.0140 e. The molecular weight excluding hydrogens is 184 g/mol. The topological polar surface area (TPSA) is 15.3 Å². The van der Waals surface area contributed by atoms with Gasteiger partial charge in [0.25, 0.3) is 0 Å². The third-order valence-corrected chi connectivity index (χ3v) is 4.99. The first kappa shape index (κ1) is 10.1. The van der Waals surface area contributed by atoms with Crippen molar-refractivity contribution in [2.24, 2.45) is 17.8 Å². The maximum absolute atomic E-state index is 3.57. The molecule has 2 heterocycles. The van der Waals surface area contributed by atoms with Gasteiger partial charge in [-0.2, -0.15) is 0 Å². The maximum atomic E-state index is 3.57. The van der Waals surface area contributed by atoms with Crippen molar-refractivity contribution in [2.45, 2.75) is 45.2 Å². The Morgan fingerprint density at radius 3 is 2.73 bits per heavy atom. The summed E-state index contributed by atoms with van der Waals surface area (Å²) in [6, 6.07) is 1.83. The zero-order valence-corrected chi connectivity index (χ0v) is 10.1. The molecule has 1 saturated carbocycles. The average Bonchev–Trinajstić information content (AvgIpc) is 2.71. The Balaban J connectivity index is 1.69. The molecule has 3 unspecified atom stereocenters. The van der Waals surface area contributed by atoms with Crippen LogP contribution in [-0.4, -0.2) is 36.6 Å². The van der Waals surface area contributed by atoms with Gasteiger partial charge in [-0.1, -0.05) is 13.8 Å². The maximum Gasteiger partial charge on any atom is 0.0140 e. The zero-order chi connectivity index (χ0) is 10.4. The van der Waals surface area contributed by atoms with E-state index in [0.29, 0.717) is 0 Å². The van der Waals surface area contributed by atoms with Crippen LogP contribution in [0.3, 0.4) is 0 Å². The molecule has 2 saturated heterocycles. The summed E-state index contributed by atoms with van der Waals surface area (Å²) in [5.74, 6) is 2.92. The number of nitrogens with zero attached hydrogens (tertiary/aromatic N) is 1. The van der Waals surface area contributed by atoms with Crippen LogP contribution in [0.15, 0.2) is 0 Å². The van der Waals surface area contributed by atoms with Crippen LogP contribution < -0.4 is 5.32 Å². The second-order valence-electron chi connectivity index (χ2n) is 5.98. The van der Waals surface area contributed by atoms with Crippen molar-refractivity contribution >= 4 is 0 Å². The Labute approximate surface area is 93.4 Å². The fourth-order valence-corrected chi connectivity index (χ4v) is 4.14. The highest BCUT2D eigenvalue weighted by molar-refractivity contribution is 5.02. The van der Waals surface area contributed by atoms with Crippen molar-refractivity contribution in [3.63, 3.8) is 0 Å². The fourth-order valence-electron chi connectivity index (χ4n) is 4.14. The second-order valence-corrected chi connectivity index (χ2v) is 5.98. The molecule has 3 rings (SSSR count). The number of likely N-dealkylation sites (tertiary alicyclic amines) is 1. The molecule has 3 fully saturated rings. The monoisotopic (exact) mass is 208 g/mol. The molecule has 0 bridgehead atoms. The molecule has 0 spiro atoms. The predicted octanol–water partition coefficient (Wildman–Crippen LogP) is 1.71. The lowest BCUT2D eigenvalue weighted by Gasteiger charge is -2.43. The van der Waals surface area contributed by atoms with Gasteiger partial charge < -0.3 is 5.32 Å². The number of rotatable bonds is 2. The lowest BCUT2D eigenvalue weighted by atomic mass is 9.80. The van der Waals surface area contributed by atoms with Crippen LogP contribution in [0.2, 0.25) is 0 Å². The van der Waals surface area contributed by atoms with Gasteiger partial charge in [-0.25, -0.2) is 0 Å². The van der Waals surface area contributed by atoms with Gasteiger partial charge in [0, 0.05) is 18.6 Å². The molecular formula is C13H24N2. The van der Waals surface area contributed by atoms with Gasteiger partial charge in [-0.3, -0.25) is 4.90 Å². The quantitative estimate of drug-likeness (QED) is 0.743. The summed E-state index contributed by atoms with van der Waals surface area (Å²) in [5, 5.41) is 3.57. The SMILES string of the molecule is CCC1C2CNCC2CN1C1CC(C)C1. The van der Waals surface area contributed by atoms with Crippen molar-refractivity contribution in [3.8, 4) is 0 Å². The van der Waals surface area contributed by atoms with Crippen LogP contribution in [0.1, 0.15) is 33.1 Å². The number of fused-ring (bicyclic) bond motifs is 1. The predicted molar refractivity (Wildman–Crippen MR) is 62.8 cm³/mol. The summed E-state index contributed by atoms with van der Waals surface area (Å²) in [5.41, 5.74) is 0. The van der Waals surface area contributed by atoms with Gasteiger partial charge >= 0.3 is 0 Å². The molecule has 1 aliphatic carbocycles. The van der Waals surface area contributed by atoms with Crippen LogP contribution in [0, 0.1) is 17.8 Å². The molecule has 1 N–H and O–H groups in total. The molecule has 0 aromatic rings. The number of hydrogen-bond donors (Lipinski definition) is 1. The Kier molecular flexibility index (Phi) is 2.52. The van der Waals surface area contributed by atoms with Gasteiger partial charge in [0.05, 0.1) is 0 Å². The number of hydrogen-bond acceptors (Lipinski definition) is 2. The summed E-state index contributed by atoms with van der Waals surface area (Å²) in [6.45, 7) is 8.71. The van der Waals surface area contributed by atoms with E-state index in [2.05, 4.69) is 24.1 Å². The van der Waals surface area contributed by atoms with E-state index >= 15 is 0 Å². The Morgan fingerprint density at radius 1 is 1.27 bits per heavy atom. The minimum atomic E-state index is 0.891. The second kappa shape index (κ2) is 3.74. The molecule has 0 radical (unpaired) electrons. The molecule has 0 amide bonds. The average molecular weight is 208 g/mol. The summed E-state index contributed by atoms with van der Waals surface area (Å²) in [7, 11) is 0. The minimum Gasteiger partial charge on any atom is -0.316 e. The van der Waals surface area contributed by atoms with Crippen molar-refractivity contribution in [2.75, 3.05) is 19.6 Å². The molecule has 3 atom stereocenters. The van der Waals surface area contributed by atoms with E-state index < -0.39 is 0 Å². The first-order valence-electron chi connectivity index (χ1n) is 6.76. The van der Waals surface area contributed by atoms with Crippen molar-refractivity contribution in [3.05, 3.63) is 0 Å². The van der Waals surface area contributed by atoms with Gasteiger partial charge in [0.1, 0.15) is 0 Å². The van der Waals surface area contributed by atoms with Gasteiger partial charge in [0.2, 0.25) is 0 Å². The largest absolute Gasteiger partial charge is 0.316 e. The van der Waals surface area contributed by atoms with Crippen LogP contribution in [-0.2, 0) is 0 Å². The first-order chi connectivity index (χ1) is 7.29. The third-order valence-electron chi connectivity index (χ3n) is 4.99. The van der Waals surface area contributed by atoms with E-state index in [0.717, 1.165) is 29.8 Å². The molecule has 15 heavy (non-hydrogen) atoms. The van der Waals surface area contributed by atoms with Gasteiger partial charge in [-0.15, -0.1) is 0 Å². The van der Waals surface area contributed by atoms with Gasteiger partial charge in [-0.05, 0) is 50.1 Å². The van der Waals surface area contributed by atoms with E-state index in [-0.39, 0.29) is 0 Å². The standard InChI is InChI=1S/C13H24N2/c1-3-13-12-7-14-6-10(12)8-15(13)11-4-9(2)5-11/h9-14H,3-8H2,1-2H3. The molecule has 0 aromatic heterocycles. The van der Waals surface area contributed by atoms with E-state index in [1.54, 1.807) is 0 Å². The zero-order valence-electron chi connectivity index (χ0n) is 10.1. The number of nitrogens with one attached hydrogen (secondary N) is 1. The molecule has 3 aliphatic rings. The van der Waals surface area contributed by atoms with Gasteiger partial charge in [0.15, 0.2) is 0 Å². The normalized spacial score (nSPS) is 50.4. The Morgan fingerprint density at radius 2 is 2.07 bits per heavy atom. The van der Waals surface area contributed by atoms with Crippen LogP contribution in [0.25, 0.3) is 0 Å². The van der Waals surface area contributed by atoms with E-state index in [1.807, 2.05) is 0 Å². The highest BCUT2D eigenvalue weighted by atomic mass is 15.2. The van der Waals surface area contributed by atoms with E-state index in [9.17, 15) is 0 Å². The van der Waals surface area contributed by atoms with Crippen molar-refractivity contribution < 1.29 is 0 Å². The summed E-state index contributed by atoms with van der Waals surface area (Å²) < 4.78 is 0. The highest BCUT2D eigenvalue weighted by Crippen LogP contribution is 2.41. The summed E-state index contributed by atoms with van der Waals surface area (Å²) in [4.78, 5) is 2.86. The molecule has 2 aliphatic heterocycles. The van der Waals surface area contributed by atoms with Crippen molar-refractivity contribution in [1.82, 2.24) is 10.2 Å². The molecule has 0 aromatic carbocycles. The summed E-state index contributed by atoms with van der Waals surface area (Å²) in [6.07, 6.45) is 4.28.